The highest BCUT2D eigenvalue weighted by Gasteiger charge is 2.44. The summed E-state index contributed by atoms with van der Waals surface area (Å²) < 4.78 is 1.16. The summed E-state index contributed by atoms with van der Waals surface area (Å²) >= 11 is 3.62. The molecule has 15 heavy (non-hydrogen) atoms. The number of hydrogen-bond acceptors (Lipinski definition) is 1. The standard InChI is InChI=1S/C12H13BrN2/c13-9-2-1-3-10-11(9)8(6-15-10)12(7-14)4-5-12/h1-3,6,15H,4-5,7,14H2. The van der Waals surface area contributed by atoms with Crippen molar-refractivity contribution in [3.05, 3.63) is 34.4 Å². The minimum atomic E-state index is 0.252. The van der Waals surface area contributed by atoms with Crippen LogP contribution in [0.5, 0.6) is 0 Å². The highest BCUT2D eigenvalue weighted by molar-refractivity contribution is 9.10. The zero-order valence-electron chi connectivity index (χ0n) is 8.39. The Labute approximate surface area is 97.0 Å². The van der Waals surface area contributed by atoms with Crippen LogP contribution in [0.1, 0.15) is 18.4 Å². The Morgan fingerprint density at radius 2 is 2.20 bits per heavy atom. The normalized spacial score (nSPS) is 18.3. The Morgan fingerprint density at radius 3 is 2.87 bits per heavy atom. The highest BCUT2D eigenvalue weighted by Crippen LogP contribution is 2.50. The molecule has 3 heteroatoms. The molecule has 2 aromatic rings. The molecule has 0 bridgehead atoms. The minimum Gasteiger partial charge on any atom is -0.361 e. The molecule has 3 rings (SSSR count). The summed E-state index contributed by atoms with van der Waals surface area (Å²) in [5.74, 6) is 0. The van der Waals surface area contributed by atoms with Crippen molar-refractivity contribution >= 4 is 26.8 Å². The molecule has 3 N–H and O–H groups in total. The lowest BCUT2D eigenvalue weighted by atomic mass is 9.96. The summed E-state index contributed by atoms with van der Waals surface area (Å²) in [5, 5.41) is 1.31. The van der Waals surface area contributed by atoms with Gasteiger partial charge in [0.2, 0.25) is 0 Å². The van der Waals surface area contributed by atoms with Crippen molar-refractivity contribution in [2.24, 2.45) is 5.73 Å². The van der Waals surface area contributed by atoms with Crippen LogP contribution in [0, 0.1) is 0 Å². The number of halogens is 1. The first-order valence-corrected chi connectivity index (χ1v) is 6.02. The van der Waals surface area contributed by atoms with E-state index in [1.807, 2.05) is 0 Å². The molecule has 0 atom stereocenters. The first kappa shape index (κ1) is 9.43. The van der Waals surface area contributed by atoms with E-state index in [0.717, 1.165) is 11.0 Å². The molecule has 78 valence electrons. The molecule has 2 nitrogen and oxygen atoms in total. The Hall–Kier alpha value is -0.800. The van der Waals surface area contributed by atoms with Gasteiger partial charge in [-0.05, 0) is 30.5 Å². The van der Waals surface area contributed by atoms with E-state index < -0.39 is 0 Å². The molecule has 0 saturated heterocycles. The summed E-state index contributed by atoms with van der Waals surface area (Å²) in [5.41, 5.74) is 8.70. The van der Waals surface area contributed by atoms with Crippen LogP contribution >= 0.6 is 15.9 Å². The minimum absolute atomic E-state index is 0.252. The van der Waals surface area contributed by atoms with Gasteiger partial charge in [0.15, 0.2) is 0 Å². The molecule has 0 amide bonds. The lowest BCUT2D eigenvalue weighted by Crippen LogP contribution is -2.19. The quantitative estimate of drug-likeness (QED) is 0.861. The van der Waals surface area contributed by atoms with Crippen molar-refractivity contribution in [1.29, 1.82) is 0 Å². The van der Waals surface area contributed by atoms with E-state index in [4.69, 9.17) is 5.73 Å². The van der Waals surface area contributed by atoms with Crippen molar-refractivity contribution in [1.82, 2.24) is 4.98 Å². The third-order valence-corrected chi connectivity index (χ3v) is 4.13. The fourth-order valence-corrected chi connectivity index (χ4v) is 2.87. The third-order valence-electron chi connectivity index (χ3n) is 3.47. The number of nitrogens with one attached hydrogen (secondary N) is 1. The maximum atomic E-state index is 5.87. The van der Waals surface area contributed by atoms with Crippen molar-refractivity contribution in [3.8, 4) is 0 Å². The largest absolute Gasteiger partial charge is 0.361 e. The number of H-pyrrole nitrogens is 1. The maximum Gasteiger partial charge on any atom is 0.0468 e. The van der Waals surface area contributed by atoms with Gasteiger partial charge >= 0.3 is 0 Å². The molecule has 1 saturated carbocycles. The van der Waals surface area contributed by atoms with E-state index in [1.54, 1.807) is 0 Å². The Morgan fingerprint density at radius 1 is 1.40 bits per heavy atom. The van der Waals surface area contributed by atoms with Crippen LogP contribution in [0.25, 0.3) is 10.9 Å². The van der Waals surface area contributed by atoms with Crippen LogP contribution in [0.3, 0.4) is 0 Å². The average molecular weight is 265 g/mol. The lowest BCUT2D eigenvalue weighted by molar-refractivity contribution is 0.711. The van der Waals surface area contributed by atoms with Crippen LogP contribution < -0.4 is 5.73 Å². The van der Waals surface area contributed by atoms with Crippen LogP contribution in [0.2, 0.25) is 0 Å². The smallest absolute Gasteiger partial charge is 0.0468 e. The third kappa shape index (κ3) is 1.26. The summed E-state index contributed by atoms with van der Waals surface area (Å²) in [7, 11) is 0. The second-order valence-electron chi connectivity index (χ2n) is 4.35. The van der Waals surface area contributed by atoms with E-state index in [9.17, 15) is 0 Å². The average Bonchev–Trinajstić information content (AvgIpc) is 2.92. The Kier molecular flexibility index (Phi) is 1.94. The number of fused-ring (bicyclic) bond motifs is 1. The van der Waals surface area contributed by atoms with Crippen LogP contribution in [0.15, 0.2) is 28.9 Å². The summed E-state index contributed by atoms with van der Waals surface area (Å²) in [6.07, 6.45) is 4.56. The zero-order chi connectivity index (χ0) is 10.5. The predicted molar refractivity (Wildman–Crippen MR) is 66.0 cm³/mol. The topological polar surface area (TPSA) is 41.8 Å². The number of hydrogen-bond donors (Lipinski definition) is 2. The van der Waals surface area contributed by atoms with Gasteiger partial charge in [-0.15, -0.1) is 0 Å². The van der Waals surface area contributed by atoms with Gasteiger partial charge < -0.3 is 10.7 Å². The highest BCUT2D eigenvalue weighted by atomic mass is 79.9. The number of aromatic nitrogens is 1. The van der Waals surface area contributed by atoms with Gasteiger partial charge in [0.25, 0.3) is 0 Å². The van der Waals surface area contributed by atoms with E-state index in [0.29, 0.717) is 0 Å². The SMILES string of the molecule is NCC1(c2c[nH]c3cccc(Br)c23)CC1. The second-order valence-corrected chi connectivity index (χ2v) is 5.20. The van der Waals surface area contributed by atoms with E-state index in [-0.39, 0.29) is 5.41 Å². The van der Waals surface area contributed by atoms with Gasteiger partial charge in [-0.25, -0.2) is 0 Å². The molecule has 0 aliphatic heterocycles. The summed E-state index contributed by atoms with van der Waals surface area (Å²) in [6, 6.07) is 6.25. The predicted octanol–water partition coefficient (Wildman–Crippen LogP) is 2.92. The molecule has 1 aliphatic rings. The van der Waals surface area contributed by atoms with Gasteiger partial charge in [-0.3, -0.25) is 0 Å². The first-order valence-electron chi connectivity index (χ1n) is 5.23. The van der Waals surface area contributed by atoms with Crippen LogP contribution in [-0.4, -0.2) is 11.5 Å². The van der Waals surface area contributed by atoms with E-state index in [2.05, 4.69) is 45.3 Å². The van der Waals surface area contributed by atoms with Gasteiger partial charge in [0.1, 0.15) is 0 Å². The van der Waals surface area contributed by atoms with Gasteiger partial charge in [-0.2, -0.15) is 0 Å². The fraction of sp³-hybridized carbons (Fsp3) is 0.333. The summed E-state index contributed by atoms with van der Waals surface area (Å²) in [6.45, 7) is 0.751. The monoisotopic (exact) mass is 264 g/mol. The molecule has 1 aromatic carbocycles. The summed E-state index contributed by atoms with van der Waals surface area (Å²) in [4.78, 5) is 3.32. The molecule has 1 heterocycles. The van der Waals surface area contributed by atoms with Crippen molar-refractivity contribution < 1.29 is 0 Å². The first-order chi connectivity index (χ1) is 7.27. The van der Waals surface area contributed by atoms with Crippen LogP contribution in [-0.2, 0) is 5.41 Å². The van der Waals surface area contributed by atoms with Crippen LogP contribution in [0.4, 0.5) is 0 Å². The van der Waals surface area contributed by atoms with Gasteiger partial charge in [0, 0.05) is 33.5 Å². The van der Waals surface area contributed by atoms with Crippen molar-refractivity contribution in [2.45, 2.75) is 18.3 Å². The lowest BCUT2D eigenvalue weighted by Gasteiger charge is -2.11. The van der Waals surface area contributed by atoms with Gasteiger partial charge in [0.05, 0.1) is 0 Å². The molecule has 1 aromatic heterocycles. The van der Waals surface area contributed by atoms with E-state index in [1.165, 1.54) is 29.3 Å². The van der Waals surface area contributed by atoms with E-state index >= 15 is 0 Å². The molecule has 0 unspecified atom stereocenters. The number of benzene rings is 1. The number of aromatic amines is 1. The fourth-order valence-electron chi connectivity index (χ4n) is 2.29. The Balaban J connectivity index is 2.28. The molecular formula is C12H13BrN2. The molecule has 1 aliphatic carbocycles. The number of rotatable bonds is 2. The van der Waals surface area contributed by atoms with Crippen molar-refractivity contribution in [3.63, 3.8) is 0 Å². The van der Waals surface area contributed by atoms with Crippen molar-refractivity contribution in [2.75, 3.05) is 6.54 Å². The van der Waals surface area contributed by atoms with Gasteiger partial charge in [-0.1, -0.05) is 22.0 Å². The second kappa shape index (κ2) is 3.09. The molecule has 1 fully saturated rings. The molecule has 0 spiro atoms. The maximum absolute atomic E-state index is 5.87. The molecule has 0 radical (unpaired) electrons. The Bertz CT molecular complexity index is 511. The molecular weight excluding hydrogens is 252 g/mol. The zero-order valence-corrected chi connectivity index (χ0v) is 9.97. The number of nitrogens with two attached hydrogens (primary N) is 1.